The number of thioether (sulfide) groups is 1. The van der Waals surface area contributed by atoms with Gasteiger partial charge in [-0.15, -0.1) is 11.8 Å². The van der Waals surface area contributed by atoms with Crippen LogP contribution in [-0.2, 0) is 4.79 Å². The number of carbonyl (C=O) groups excluding carboxylic acids is 1. The van der Waals surface area contributed by atoms with Crippen LogP contribution in [0.4, 0.5) is 0 Å². The fourth-order valence-electron chi connectivity index (χ4n) is 1.09. The van der Waals surface area contributed by atoms with E-state index in [4.69, 9.17) is 0 Å². The monoisotopic (exact) mass is 225 g/mol. The number of hydrogen-bond donors (Lipinski definition) is 2. The molecule has 0 aliphatic heterocycles. The minimum atomic E-state index is -0.467. The van der Waals surface area contributed by atoms with Crippen molar-refractivity contribution in [1.82, 2.24) is 5.32 Å². The second-order valence-corrected chi connectivity index (χ2v) is 4.26. The average Bonchev–Trinajstić information content (AvgIpc) is 2.26. The molecule has 1 rings (SSSR count). The van der Waals surface area contributed by atoms with E-state index in [-0.39, 0.29) is 5.91 Å². The van der Waals surface area contributed by atoms with Gasteiger partial charge >= 0.3 is 0 Å². The minimum Gasteiger partial charge on any atom is -0.389 e. The average molecular weight is 225 g/mol. The molecule has 0 heterocycles. The third-order valence-corrected chi connectivity index (χ3v) is 2.98. The topological polar surface area (TPSA) is 49.3 Å². The summed E-state index contributed by atoms with van der Waals surface area (Å²) in [5.74, 6) is 0.405. The van der Waals surface area contributed by atoms with Crippen molar-refractivity contribution in [2.75, 3.05) is 12.8 Å². The third-order valence-electron chi connectivity index (χ3n) is 1.99. The molecule has 15 heavy (non-hydrogen) atoms. The van der Waals surface area contributed by atoms with E-state index < -0.39 is 6.10 Å². The zero-order valence-corrected chi connectivity index (χ0v) is 9.67. The number of amides is 1. The molecule has 0 saturated carbocycles. The van der Waals surface area contributed by atoms with Gasteiger partial charge in [0.2, 0.25) is 5.91 Å². The first-order valence-corrected chi connectivity index (χ1v) is 5.73. The van der Waals surface area contributed by atoms with Crippen molar-refractivity contribution in [2.45, 2.75) is 17.9 Å². The van der Waals surface area contributed by atoms with Crippen LogP contribution in [-0.4, -0.2) is 23.8 Å². The van der Waals surface area contributed by atoms with Crippen LogP contribution in [0.5, 0.6) is 0 Å². The summed E-state index contributed by atoms with van der Waals surface area (Å²) < 4.78 is 0. The van der Waals surface area contributed by atoms with Crippen molar-refractivity contribution >= 4 is 17.7 Å². The molecule has 82 valence electrons. The summed E-state index contributed by atoms with van der Waals surface area (Å²) in [6.45, 7) is 1.72. The van der Waals surface area contributed by atoms with Crippen molar-refractivity contribution < 1.29 is 9.90 Å². The molecule has 2 N–H and O–H groups in total. The molecule has 0 bridgehead atoms. The molecule has 3 nitrogen and oxygen atoms in total. The van der Waals surface area contributed by atoms with Gasteiger partial charge in [0.25, 0.3) is 0 Å². The predicted molar refractivity (Wildman–Crippen MR) is 61.9 cm³/mol. The van der Waals surface area contributed by atoms with Crippen molar-refractivity contribution in [2.24, 2.45) is 0 Å². The summed E-state index contributed by atoms with van der Waals surface area (Å²) in [5, 5.41) is 11.9. The Kier molecular flexibility index (Phi) is 4.65. The SMILES string of the molecule is CNC(=O)CSc1cccc(C(C)O)c1. The van der Waals surface area contributed by atoms with E-state index in [1.54, 1.807) is 14.0 Å². The maximum absolute atomic E-state index is 11.0. The number of carbonyl (C=O) groups is 1. The lowest BCUT2D eigenvalue weighted by Gasteiger charge is -2.06. The lowest BCUT2D eigenvalue weighted by molar-refractivity contribution is -0.118. The first kappa shape index (κ1) is 12.1. The van der Waals surface area contributed by atoms with Crippen LogP contribution < -0.4 is 5.32 Å². The Morgan fingerprint density at radius 2 is 2.33 bits per heavy atom. The molecule has 4 heteroatoms. The summed E-state index contributed by atoms with van der Waals surface area (Å²) in [7, 11) is 1.62. The molecular weight excluding hydrogens is 210 g/mol. The Hall–Kier alpha value is -1.00. The summed E-state index contributed by atoms with van der Waals surface area (Å²) in [4.78, 5) is 12.0. The molecule has 0 aromatic heterocycles. The van der Waals surface area contributed by atoms with E-state index >= 15 is 0 Å². The number of aliphatic hydroxyl groups excluding tert-OH is 1. The Balaban J connectivity index is 2.61. The smallest absolute Gasteiger partial charge is 0.230 e. The number of benzene rings is 1. The number of rotatable bonds is 4. The first-order valence-electron chi connectivity index (χ1n) is 4.75. The molecule has 1 atom stereocenters. The van der Waals surface area contributed by atoms with Crippen LogP contribution in [0.1, 0.15) is 18.6 Å². The molecule has 1 aromatic rings. The third kappa shape index (κ3) is 3.93. The maximum Gasteiger partial charge on any atom is 0.230 e. The van der Waals surface area contributed by atoms with Crippen molar-refractivity contribution in [3.8, 4) is 0 Å². The van der Waals surface area contributed by atoms with Gasteiger partial charge in [0.15, 0.2) is 0 Å². The highest BCUT2D eigenvalue weighted by Gasteiger charge is 2.03. The standard InChI is InChI=1S/C11H15NO2S/c1-8(13)9-4-3-5-10(6-9)15-7-11(14)12-2/h3-6,8,13H,7H2,1-2H3,(H,12,14). The van der Waals surface area contributed by atoms with E-state index in [1.807, 2.05) is 24.3 Å². The molecule has 0 saturated heterocycles. The van der Waals surface area contributed by atoms with Gasteiger partial charge in [-0.05, 0) is 24.6 Å². The summed E-state index contributed by atoms with van der Waals surface area (Å²) in [6.07, 6.45) is -0.467. The Labute approximate surface area is 93.9 Å². The van der Waals surface area contributed by atoms with E-state index in [2.05, 4.69) is 5.32 Å². The summed E-state index contributed by atoms with van der Waals surface area (Å²) in [5.41, 5.74) is 0.872. The zero-order valence-electron chi connectivity index (χ0n) is 8.86. The van der Waals surface area contributed by atoms with Gasteiger partial charge in [-0.3, -0.25) is 4.79 Å². The molecule has 0 radical (unpaired) electrons. The highest BCUT2D eigenvalue weighted by Crippen LogP contribution is 2.21. The molecule has 0 aliphatic rings. The second-order valence-electron chi connectivity index (χ2n) is 3.21. The Morgan fingerprint density at radius 3 is 2.93 bits per heavy atom. The molecule has 1 unspecified atom stereocenters. The largest absolute Gasteiger partial charge is 0.389 e. The predicted octanol–water partition coefficient (Wildman–Crippen LogP) is 1.58. The molecule has 1 aromatic carbocycles. The van der Waals surface area contributed by atoms with Gasteiger partial charge in [0.05, 0.1) is 11.9 Å². The maximum atomic E-state index is 11.0. The second kappa shape index (κ2) is 5.78. The number of nitrogens with one attached hydrogen (secondary N) is 1. The summed E-state index contributed by atoms with van der Waals surface area (Å²) in [6, 6.07) is 7.58. The lowest BCUT2D eigenvalue weighted by Crippen LogP contribution is -2.19. The van der Waals surface area contributed by atoms with Crippen molar-refractivity contribution in [1.29, 1.82) is 0 Å². The Morgan fingerprint density at radius 1 is 1.60 bits per heavy atom. The highest BCUT2D eigenvalue weighted by atomic mass is 32.2. The van der Waals surface area contributed by atoms with Gasteiger partial charge in [-0.1, -0.05) is 12.1 Å². The molecule has 0 fully saturated rings. The Bertz CT molecular complexity index is 339. The van der Waals surface area contributed by atoms with Gasteiger partial charge < -0.3 is 10.4 Å². The van der Waals surface area contributed by atoms with E-state index in [1.165, 1.54) is 11.8 Å². The van der Waals surface area contributed by atoms with E-state index in [9.17, 15) is 9.90 Å². The van der Waals surface area contributed by atoms with Gasteiger partial charge in [0.1, 0.15) is 0 Å². The minimum absolute atomic E-state index is 0.00227. The molecule has 0 aliphatic carbocycles. The van der Waals surface area contributed by atoms with Crippen molar-refractivity contribution in [3.63, 3.8) is 0 Å². The van der Waals surface area contributed by atoms with Crippen LogP contribution in [0, 0.1) is 0 Å². The van der Waals surface area contributed by atoms with Gasteiger partial charge in [0, 0.05) is 11.9 Å². The first-order chi connectivity index (χ1) is 7.13. The molecule has 0 spiro atoms. The quantitative estimate of drug-likeness (QED) is 0.765. The van der Waals surface area contributed by atoms with Crippen LogP contribution in [0.25, 0.3) is 0 Å². The molecule has 1 amide bonds. The van der Waals surface area contributed by atoms with Gasteiger partial charge in [-0.25, -0.2) is 0 Å². The molecular formula is C11H15NO2S. The fourth-order valence-corrected chi connectivity index (χ4v) is 1.92. The summed E-state index contributed by atoms with van der Waals surface area (Å²) >= 11 is 1.46. The van der Waals surface area contributed by atoms with Gasteiger partial charge in [-0.2, -0.15) is 0 Å². The van der Waals surface area contributed by atoms with Crippen molar-refractivity contribution in [3.05, 3.63) is 29.8 Å². The zero-order chi connectivity index (χ0) is 11.3. The highest BCUT2D eigenvalue weighted by molar-refractivity contribution is 8.00. The van der Waals surface area contributed by atoms with Crippen LogP contribution in [0.3, 0.4) is 0 Å². The van der Waals surface area contributed by atoms with E-state index in [0.29, 0.717) is 5.75 Å². The normalized spacial score (nSPS) is 12.2. The number of hydrogen-bond acceptors (Lipinski definition) is 3. The lowest BCUT2D eigenvalue weighted by atomic mass is 10.1. The fraction of sp³-hybridized carbons (Fsp3) is 0.364. The number of aliphatic hydroxyl groups is 1. The van der Waals surface area contributed by atoms with E-state index in [0.717, 1.165) is 10.5 Å². The van der Waals surface area contributed by atoms with Crippen LogP contribution >= 0.6 is 11.8 Å². The van der Waals surface area contributed by atoms with Crippen LogP contribution in [0.15, 0.2) is 29.2 Å². The van der Waals surface area contributed by atoms with Crippen LogP contribution in [0.2, 0.25) is 0 Å².